The van der Waals surface area contributed by atoms with Crippen molar-refractivity contribution in [3.05, 3.63) is 12.7 Å². The molecule has 0 spiro atoms. The van der Waals surface area contributed by atoms with E-state index in [4.69, 9.17) is 4.74 Å². The number of ether oxygens (including phenoxy) is 1. The lowest BCUT2D eigenvalue weighted by Crippen LogP contribution is -2.56. The normalized spacial score (nSPS) is 23.2. The van der Waals surface area contributed by atoms with Gasteiger partial charge in [-0.15, -0.1) is 6.58 Å². The van der Waals surface area contributed by atoms with Crippen LogP contribution in [0, 0.1) is 23.7 Å². The molecular weight excluding hydrogens is 560 g/mol. The van der Waals surface area contributed by atoms with Crippen molar-refractivity contribution in [1.82, 2.24) is 19.7 Å². The predicted octanol–water partition coefficient (Wildman–Crippen LogP) is 2.10. The highest BCUT2D eigenvalue weighted by Gasteiger charge is 2.34. The van der Waals surface area contributed by atoms with Crippen molar-refractivity contribution in [2.75, 3.05) is 32.8 Å². The minimum atomic E-state index is -3.86. The molecule has 0 aromatic carbocycles. The zero-order chi connectivity index (χ0) is 31.3. The molecule has 12 heteroatoms. The van der Waals surface area contributed by atoms with Gasteiger partial charge in [-0.05, 0) is 42.9 Å². The first kappa shape index (κ1) is 36.6. The molecular formula is C30H56N4O7S. The molecule has 2 rings (SSSR count). The minimum Gasteiger partial charge on any atom is -0.390 e. The van der Waals surface area contributed by atoms with Gasteiger partial charge in [0, 0.05) is 13.1 Å². The van der Waals surface area contributed by atoms with Gasteiger partial charge in [-0.2, -0.15) is 17.4 Å². The molecule has 5 N–H and O–H groups in total. The lowest BCUT2D eigenvalue weighted by Gasteiger charge is -2.35. The van der Waals surface area contributed by atoms with Gasteiger partial charge in [0.25, 0.3) is 10.2 Å². The highest BCUT2D eigenvalue weighted by Crippen LogP contribution is 2.35. The van der Waals surface area contributed by atoms with Crippen molar-refractivity contribution < 1.29 is 33.0 Å². The van der Waals surface area contributed by atoms with Crippen molar-refractivity contribution in [3.8, 4) is 0 Å². The monoisotopic (exact) mass is 616 g/mol. The molecule has 1 unspecified atom stereocenters. The Balaban J connectivity index is 2.02. The first-order chi connectivity index (χ1) is 19.8. The molecule has 244 valence electrons. The number of hydrogen-bond donors (Lipinski definition) is 5. The van der Waals surface area contributed by atoms with E-state index >= 15 is 0 Å². The summed E-state index contributed by atoms with van der Waals surface area (Å²) < 4.78 is 33.7. The van der Waals surface area contributed by atoms with Crippen LogP contribution in [0.4, 0.5) is 0 Å². The smallest absolute Gasteiger partial charge is 0.280 e. The molecule has 1 saturated carbocycles. The minimum absolute atomic E-state index is 0.117. The number of amides is 2. The summed E-state index contributed by atoms with van der Waals surface area (Å²) in [6, 6.07) is -1.70. The number of rotatable bonds is 18. The lowest BCUT2D eigenvalue weighted by atomic mass is 9.76. The Kier molecular flexibility index (Phi) is 15.9. The van der Waals surface area contributed by atoms with Crippen molar-refractivity contribution in [2.24, 2.45) is 23.7 Å². The number of carbonyl (C=O) groups excluding carboxylic acids is 2. The molecule has 1 heterocycles. The third-order valence-corrected chi connectivity index (χ3v) is 9.89. The second kappa shape index (κ2) is 18.3. The van der Waals surface area contributed by atoms with Crippen LogP contribution in [0.2, 0.25) is 0 Å². The summed E-state index contributed by atoms with van der Waals surface area (Å²) >= 11 is 0. The van der Waals surface area contributed by atoms with E-state index in [2.05, 4.69) is 35.8 Å². The molecule has 0 radical (unpaired) electrons. The van der Waals surface area contributed by atoms with Crippen LogP contribution in [0.1, 0.15) is 85.5 Å². The Labute approximate surface area is 253 Å². The van der Waals surface area contributed by atoms with Crippen LogP contribution >= 0.6 is 0 Å². The third kappa shape index (κ3) is 13.0. The van der Waals surface area contributed by atoms with E-state index in [0.717, 1.165) is 25.7 Å². The molecule has 2 aliphatic rings. The number of morpholine rings is 1. The van der Waals surface area contributed by atoms with Gasteiger partial charge in [0.1, 0.15) is 12.1 Å². The average molecular weight is 617 g/mol. The summed E-state index contributed by atoms with van der Waals surface area (Å²) in [5.74, 6) is 0.705. The predicted molar refractivity (Wildman–Crippen MR) is 164 cm³/mol. The van der Waals surface area contributed by atoms with Crippen LogP contribution in [0.25, 0.3) is 0 Å². The maximum atomic E-state index is 13.4. The van der Waals surface area contributed by atoms with E-state index in [-0.39, 0.29) is 38.6 Å². The fraction of sp³-hybridized carbons (Fsp3) is 0.867. The van der Waals surface area contributed by atoms with Crippen molar-refractivity contribution in [2.45, 2.75) is 110 Å². The number of carbonyl (C=O) groups is 2. The first-order valence-electron chi connectivity index (χ1n) is 15.7. The summed E-state index contributed by atoms with van der Waals surface area (Å²) in [7, 11) is -3.86. The molecule has 1 aliphatic carbocycles. The molecule has 11 nitrogen and oxygen atoms in total. The summed E-state index contributed by atoms with van der Waals surface area (Å²) in [6.45, 7) is 12.5. The highest BCUT2D eigenvalue weighted by molar-refractivity contribution is 7.87. The molecule has 0 aromatic heterocycles. The zero-order valence-electron chi connectivity index (χ0n) is 26.1. The Morgan fingerprint density at radius 3 is 2.19 bits per heavy atom. The molecule has 2 amide bonds. The van der Waals surface area contributed by atoms with Crippen LogP contribution in [-0.4, -0.2) is 91.9 Å². The van der Waals surface area contributed by atoms with Crippen LogP contribution in [0.5, 0.6) is 0 Å². The molecule has 4 atom stereocenters. The Morgan fingerprint density at radius 1 is 1.00 bits per heavy atom. The highest BCUT2D eigenvalue weighted by atomic mass is 32.2. The second-order valence-corrected chi connectivity index (χ2v) is 14.6. The maximum Gasteiger partial charge on any atom is 0.280 e. The molecule has 2 fully saturated rings. The van der Waals surface area contributed by atoms with Gasteiger partial charge < -0.3 is 25.6 Å². The van der Waals surface area contributed by atoms with Crippen LogP contribution in [-0.2, 0) is 24.5 Å². The van der Waals surface area contributed by atoms with Gasteiger partial charge >= 0.3 is 0 Å². The third-order valence-electron chi connectivity index (χ3n) is 8.33. The summed E-state index contributed by atoms with van der Waals surface area (Å²) in [5, 5.41) is 27.4. The van der Waals surface area contributed by atoms with Crippen LogP contribution < -0.4 is 15.4 Å². The van der Waals surface area contributed by atoms with Crippen molar-refractivity contribution in [1.29, 1.82) is 0 Å². The van der Waals surface area contributed by atoms with E-state index in [9.17, 15) is 28.2 Å². The average Bonchev–Trinajstić information content (AvgIpc) is 2.94. The van der Waals surface area contributed by atoms with Crippen LogP contribution in [0.3, 0.4) is 0 Å². The number of aliphatic hydroxyl groups is 2. The quantitative estimate of drug-likeness (QED) is 0.148. The first-order valence-corrected chi connectivity index (χ1v) is 17.2. The molecule has 42 heavy (non-hydrogen) atoms. The topological polar surface area (TPSA) is 157 Å². The van der Waals surface area contributed by atoms with Gasteiger partial charge in [-0.3, -0.25) is 9.59 Å². The largest absolute Gasteiger partial charge is 0.390 e. The van der Waals surface area contributed by atoms with Gasteiger partial charge in [0.15, 0.2) is 0 Å². The number of nitrogens with one attached hydrogen (secondary N) is 3. The van der Waals surface area contributed by atoms with Gasteiger partial charge in [-0.25, -0.2) is 0 Å². The SMILES string of the molecule is C=CCC(NC(=O)CNS(=O)(=O)N1CCOCC1)C(=O)N[C@@H](CC1CCC(CCC(C)C)CC1)[C@@H](O)[C@@H](O)CC(C)C. The number of hydrogen-bond acceptors (Lipinski definition) is 7. The molecule has 0 bridgehead atoms. The fourth-order valence-electron chi connectivity index (χ4n) is 5.82. The van der Waals surface area contributed by atoms with Gasteiger partial charge in [0.2, 0.25) is 11.8 Å². The van der Waals surface area contributed by atoms with Crippen molar-refractivity contribution >= 4 is 22.0 Å². The van der Waals surface area contributed by atoms with E-state index in [1.165, 1.54) is 23.2 Å². The lowest BCUT2D eigenvalue weighted by molar-refractivity contribution is -0.130. The Bertz CT molecular complexity index is 932. The molecule has 1 aliphatic heterocycles. The summed E-state index contributed by atoms with van der Waals surface area (Å²) in [4.78, 5) is 26.1. The fourth-order valence-corrected chi connectivity index (χ4v) is 6.95. The number of nitrogens with zero attached hydrogens (tertiary/aromatic N) is 1. The Morgan fingerprint density at radius 2 is 1.62 bits per heavy atom. The van der Waals surface area contributed by atoms with E-state index in [1.54, 1.807) is 0 Å². The maximum absolute atomic E-state index is 13.4. The van der Waals surface area contributed by atoms with E-state index in [1.807, 2.05) is 13.8 Å². The van der Waals surface area contributed by atoms with Crippen molar-refractivity contribution in [3.63, 3.8) is 0 Å². The van der Waals surface area contributed by atoms with Crippen LogP contribution in [0.15, 0.2) is 12.7 Å². The van der Waals surface area contributed by atoms with Gasteiger partial charge in [0.05, 0.1) is 31.9 Å². The zero-order valence-corrected chi connectivity index (χ0v) is 26.9. The second-order valence-electron chi connectivity index (χ2n) is 12.9. The molecule has 0 aromatic rings. The number of aliphatic hydroxyl groups excluding tert-OH is 2. The Hall–Kier alpha value is -1.57. The van der Waals surface area contributed by atoms with E-state index < -0.39 is 52.9 Å². The van der Waals surface area contributed by atoms with E-state index in [0.29, 0.717) is 30.6 Å². The van der Waals surface area contributed by atoms with Gasteiger partial charge in [-0.1, -0.05) is 72.3 Å². The molecule has 1 saturated heterocycles. The summed E-state index contributed by atoms with van der Waals surface area (Å²) in [6.07, 6.45) is 7.11. The summed E-state index contributed by atoms with van der Waals surface area (Å²) in [5.41, 5.74) is 0. The standard InChI is InChI=1S/C30H56N4O7S/c1-6-7-25(32-28(36)20-31-42(39,40)34-14-16-41-17-15-34)30(38)33-26(29(37)27(35)18-22(4)5)19-24-12-10-23(11-13-24)9-8-21(2)3/h6,21-27,29,31,35,37H,1,7-20H2,2-5H3,(H,32,36)(H,33,38)/t23?,24?,25?,26-,27-,29+/m0/s1.